The third-order valence-electron chi connectivity index (χ3n) is 4.92. The van der Waals surface area contributed by atoms with Crippen LogP contribution in [0.2, 0.25) is 0 Å². The van der Waals surface area contributed by atoms with Crippen LogP contribution in [0.1, 0.15) is 38.8 Å². The van der Waals surface area contributed by atoms with Crippen molar-refractivity contribution >= 4 is 18.3 Å². The van der Waals surface area contributed by atoms with E-state index in [0.29, 0.717) is 0 Å². The van der Waals surface area contributed by atoms with Crippen LogP contribution in [-0.4, -0.2) is 25.2 Å². The normalized spacial score (nSPS) is 25.3. The van der Waals surface area contributed by atoms with Crippen molar-refractivity contribution in [2.24, 2.45) is 17.1 Å². The van der Waals surface area contributed by atoms with E-state index in [-0.39, 0.29) is 47.8 Å². The minimum atomic E-state index is -0.285. The van der Waals surface area contributed by atoms with Crippen molar-refractivity contribution in [2.45, 2.75) is 45.4 Å². The van der Waals surface area contributed by atoms with E-state index in [4.69, 9.17) is 10.5 Å². The third kappa shape index (κ3) is 3.62. The first-order valence-corrected chi connectivity index (χ1v) is 7.51. The Kier molecular flexibility index (Phi) is 6.41. The first-order valence-electron chi connectivity index (χ1n) is 7.51. The van der Waals surface area contributed by atoms with Crippen molar-refractivity contribution < 1.29 is 9.53 Å². The third-order valence-corrected chi connectivity index (χ3v) is 4.92. The molecule has 3 N–H and O–H groups in total. The zero-order valence-electron chi connectivity index (χ0n) is 13.7. The molecule has 1 saturated carbocycles. The summed E-state index contributed by atoms with van der Waals surface area (Å²) < 4.78 is 5.41. The quantitative estimate of drug-likeness (QED) is 0.874. The molecule has 1 fully saturated rings. The number of nitrogens with two attached hydrogens (primary N) is 1. The van der Waals surface area contributed by atoms with Crippen molar-refractivity contribution in [3.63, 3.8) is 0 Å². The summed E-state index contributed by atoms with van der Waals surface area (Å²) in [5, 5.41) is 3.12. The smallest absolute Gasteiger partial charge is 0.224 e. The highest BCUT2D eigenvalue weighted by Crippen LogP contribution is 2.42. The highest BCUT2D eigenvalue weighted by Gasteiger charge is 2.49. The molecule has 1 aromatic carbocycles. The summed E-state index contributed by atoms with van der Waals surface area (Å²) in [6.45, 7) is 6.13. The molecule has 4 unspecified atom stereocenters. The van der Waals surface area contributed by atoms with Crippen LogP contribution in [0.25, 0.3) is 0 Å². The van der Waals surface area contributed by atoms with Gasteiger partial charge in [0, 0.05) is 24.6 Å². The topological polar surface area (TPSA) is 64.3 Å². The number of carbonyl (C=O) groups excluding carboxylic acids is 1. The van der Waals surface area contributed by atoms with Crippen LogP contribution in [0.15, 0.2) is 30.3 Å². The Morgan fingerprint density at radius 2 is 1.95 bits per heavy atom. The van der Waals surface area contributed by atoms with Gasteiger partial charge in [0.1, 0.15) is 0 Å². The second-order valence-electron chi connectivity index (χ2n) is 6.57. The zero-order valence-corrected chi connectivity index (χ0v) is 14.5. The molecule has 4 atom stereocenters. The molecular formula is C17H27ClN2O2. The first-order chi connectivity index (χ1) is 9.87. The molecule has 0 radical (unpaired) electrons. The van der Waals surface area contributed by atoms with E-state index in [2.05, 4.69) is 19.2 Å². The lowest BCUT2D eigenvalue weighted by Gasteiger charge is -2.51. The van der Waals surface area contributed by atoms with Gasteiger partial charge in [-0.25, -0.2) is 0 Å². The number of carbonyl (C=O) groups is 1. The number of amides is 1. The van der Waals surface area contributed by atoms with Crippen LogP contribution >= 0.6 is 12.4 Å². The Labute approximate surface area is 139 Å². The second kappa shape index (κ2) is 7.44. The van der Waals surface area contributed by atoms with Gasteiger partial charge in [0.05, 0.1) is 12.0 Å². The van der Waals surface area contributed by atoms with Crippen LogP contribution in [0.4, 0.5) is 0 Å². The summed E-state index contributed by atoms with van der Waals surface area (Å²) in [4.78, 5) is 12.4. The molecule has 0 aliphatic heterocycles. The van der Waals surface area contributed by atoms with E-state index < -0.39 is 0 Å². The standard InChI is InChI=1S/C17H26N2O2.ClH/c1-11(15(18)12-8-6-5-7-9-12)16(20)19-13-10-14(21-4)17(13,2)3;/h5-9,11,13-15H,10,18H2,1-4H3,(H,19,20);1H. The summed E-state index contributed by atoms with van der Waals surface area (Å²) in [6, 6.07) is 9.62. The maximum Gasteiger partial charge on any atom is 0.224 e. The minimum Gasteiger partial charge on any atom is -0.381 e. The Hall–Kier alpha value is -1.10. The predicted molar refractivity (Wildman–Crippen MR) is 90.9 cm³/mol. The van der Waals surface area contributed by atoms with Crippen molar-refractivity contribution in [2.75, 3.05) is 7.11 Å². The molecule has 124 valence electrons. The van der Waals surface area contributed by atoms with E-state index in [9.17, 15) is 4.79 Å². The molecule has 1 aromatic rings. The van der Waals surface area contributed by atoms with Gasteiger partial charge < -0.3 is 15.8 Å². The lowest BCUT2D eigenvalue weighted by Crippen LogP contribution is -2.62. The van der Waals surface area contributed by atoms with E-state index >= 15 is 0 Å². The molecule has 0 saturated heterocycles. The maximum atomic E-state index is 12.4. The van der Waals surface area contributed by atoms with Crippen LogP contribution in [0.3, 0.4) is 0 Å². The van der Waals surface area contributed by atoms with Crippen molar-refractivity contribution in [1.82, 2.24) is 5.32 Å². The molecule has 0 bridgehead atoms. The largest absolute Gasteiger partial charge is 0.381 e. The average molecular weight is 327 g/mol. The second-order valence-corrected chi connectivity index (χ2v) is 6.57. The van der Waals surface area contributed by atoms with E-state index in [1.165, 1.54) is 0 Å². The number of nitrogens with one attached hydrogen (secondary N) is 1. The Bertz CT molecular complexity index is 493. The molecule has 4 nitrogen and oxygen atoms in total. The highest BCUT2D eigenvalue weighted by atomic mass is 35.5. The molecule has 22 heavy (non-hydrogen) atoms. The molecule has 1 amide bonds. The fraction of sp³-hybridized carbons (Fsp3) is 0.588. The van der Waals surface area contributed by atoms with E-state index in [1.54, 1.807) is 7.11 Å². The Balaban J connectivity index is 0.00000242. The summed E-state index contributed by atoms with van der Waals surface area (Å²) >= 11 is 0. The fourth-order valence-electron chi connectivity index (χ4n) is 2.96. The molecule has 0 heterocycles. The lowest BCUT2D eigenvalue weighted by atomic mass is 9.64. The number of ether oxygens (including phenoxy) is 1. The zero-order chi connectivity index (χ0) is 15.6. The first kappa shape index (κ1) is 18.9. The highest BCUT2D eigenvalue weighted by molar-refractivity contribution is 5.85. The Morgan fingerprint density at radius 1 is 1.36 bits per heavy atom. The van der Waals surface area contributed by atoms with Gasteiger partial charge in [-0.1, -0.05) is 51.1 Å². The number of halogens is 1. The number of rotatable bonds is 5. The number of benzene rings is 1. The number of hydrogen-bond acceptors (Lipinski definition) is 3. The SMILES string of the molecule is COC1CC(NC(=O)C(C)C(N)c2ccccc2)C1(C)C.Cl. The molecule has 2 rings (SSSR count). The van der Waals surface area contributed by atoms with Crippen LogP contribution < -0.4 is 11.1 Å². The van der Waals surface area contributed by atoms with Crippen LogP contribution in [0, 0.1) is 11.3 Å². The monoisotopic (exact) mass is 326 g/mol. The van der Waals surface area contributed by atoms with E-state index in [1.807, 2.05) is 37.3 Å². The van der Waals surface area contributed by atoms with Gasteiger partial charge in [-0.05, 0) is 12.0 Å². The Morgan fingerprint density at radius 3 is 2.45 bits per heavy atom. The van der Waals surface area contributed by atoms with Crippen molar-refractivity contribution in [3.8, 4) is 0 Å². The summed E-state index contributed by atoms with van der Waals surface area (Å²) in [7, 11) is 1.72. The fourth-order valence-corrected chi connectivity index (χ4v) is 2.96. The van der Waals surface area contributed by atoms with Crippen molar-refractivity contribution in [1.29, 1.82) is 0 Å². The number of hydrogen-bond donors (Lipinski definition) is 2. The summed E-state index contributed by atoms with van der Waals surface area (Å²) in [5.41, 5.74) is 7.17. The van der Waals surface area contributed by atoms with Gasteiger partial charge in [0.25, 0.3) is 0 Å². The molecule has 0 aromatic heterocycles. The van der Waals surface area contributed by atoms with Crippen molar-refractivity contribution in [3.05, 3.63) is 35.9 Å². The lowest BCUT2D eigenvalue weighted by molar-refractivity contribution is -0.136. The van der Waals surface area contributed by atoms with E-state index in [0.717, 1.165) is 12.0 Å². The van der Waals surface area contributed by atoms with Crippen LogP contribution in [0.5, 0.6) is 0 Å². The van der Waals surface area contributed by atoms with Gasteiger partial charge in [-0.3, -0.25) is 4.79 Å². The molecule has 0 spiro atoms. The van der Waals surface area contributed by atoms with Gasteiger partial charge in [-0.15, -0.1) is 12.4 Å². The summed E-state index contributed by atoms with van der Waals surface area (Å²) in [5.74, 6) is -0.247. The number of methoxy groups -OCH3 is 1. The van der Waals surface area contributed by atoms with Crippen LogP contribution in [-0.2, 0) is 9.53 Å². The average Bonchev–Trinajstić information content (AvgIpc) is 2.50. The van der Waals surface area contributed by atoms with Gasteiger partial charge in [0.2, 0.25) is 5.91 Å². The predicted octanol–water partition coefficient (Wildman–Crippen LogP) is 2.67. The van der Waals surface area contributed by atoms with Gasteiger partial charge in [0.15, 0.2) is 0 Å². The molecule has 5 heteroatoms. The molecular weight excluding hydrogens is 300 g/mol. The maximum absolute atomic E-state index is 12.4. The molecule has 1 aliphatic rings. The summed E-state index contributed by atoms with van der Waals surface area (Å²) in [6.07, 6.45) is 1.07. The van der Waals surface area contributed by atoms with Gasteiger partial charge >= 0.3 is 0 Å². The minimum absolute atomic E-state index is 0. The molecule has 1 aliphatic carbocycles. The van der Waals surface area contributed by atoms with Gasteiger partial charge in [-0.2, -0.15) is 0 Å².